The quantitative estimate of drug-likeness (QED) is 0.312. The number of aldehydes is 1. The lowest BCUT2D eigenvalue weighted by Crippen LogP contribution is -2.66. The molecular weight excluding hydrogens is 388 g/mol. The molecule has 10 atom stereocenters. The van der Waals surface area contributed by atoms with E-state index in [1.165, 1.54) is 63.2 Å². The van der Waals surface area contributed by atoms with Gasteiger partial charge in [-0.15, -0.1) is 0 Å². The molecule has 8 unspecified atom stereocenters. The molecule has 5 fully saturated rings. The Balaban J connectivity index is 1.56. The van der Waals surface area contributed by atoms with Gasteiger partial charge in [0, 0.05) is 5.41 Å². The van der Waals surface area contributed by atoms with E-state index in [1.807, 2.05) is 0 Å². The van der Waals surface area contributed by atoms with Crippen LogP contribution >= 0.6 is 0 Å². The third kappa shape index (κ3) is 2.61. The Bertz CT molecular complexity index is 809. The lowest BCUT2D eigenvalue weighted by Gasteiger charge is -2.73. The number of fused-ring (bicyclic) bond motifs is 7. The lowest BCUT2D eigenvalue weighted by molar-refractivity contribution is -0.239. The Kier molecular flexibility index (Phi) is 5.05. The molecule has 5 aliphatic carbocycles. The highest BCUT2D eigenvalue weighted by Gasteiger charge is 2.70. The summed E-state index contributed by atoms with van der Waals surface area (Å²) in [5.74, 6) is 4.35. The van der Waals surface area contributed by atoms with Crippen molar-refractivity contribution >= 4 is 6.29 Å². The van der Waals surface area contributed by atoms with Gasteiger partial charge in [0.05, 0.1) is 0 Å². The van der Waals surface area contributed by atoms with Gasteiger partial charge in [0.25, 0.3) is 0 Å². The molecule has 0 saturated heterocycles. The SMILES string of the molecule is C=C(C)[C@@H]1CCC2(C=O)CC[C@]3(C)C(CCC4C5(C)CCC(C)C(C)(C)C5CCC43C)C12. The Hall–Kier alpha value is -0.590. The maximum Gasteiger partial charge on any atom is 0.126 e. The molecule has 5 saturated carbocycles. The number of carbonyl (C=O) groups is 1. The zero-order chi connectivity index (χ0) is 23.3. The van der Waals surface area contributed by atoms with Crippen molar-refractivity contribution in [2.75, 3.05) is 0 Å². The minimum Gasteiger partial charge on any atom is -0.303 e. The molecule has 0 N–H and O–H groups in total. The van der Waals surface area contributed by atoms with E-state index in [4.69, 9.17) is 0 Å². The van der Waals surface area contributed by atoms with Crippen LogP contribution in [0.25, 0.3) is 0 Å². The van der Waals surface area contributed by atoms with Crippen molar-refractivity contribution in [3.05, 3.63) is 12.2 Å². The summed E-state index contributed by atoms with van der Waals surface area (Å²) in [4.78, 5) is 12.6. The molecule has 180 valence electrons. The molecule has 0 heterocycles. The Morgan fingerprint density at radius 2 is 1.53 bits per heavy atom. The van der Waals surface area contributed by atoms with Crippen molar-refractivity contribution in [3.8, 4) is 0 Å². The fourth-order valence-electron chi connectivity index (χ4n) is 11.6. The summed E-state index contributed by atoms with van der Waals surface area (Å²) in [6.45, 7) is 22.5. The third-order valence-electron chi connectivity index (χ3n) is 13.9. The number of hydrogen-bond acceptors (Lipinski definition) is 1. The van der Waals surface area contributed by atoms with Crippen LogP contribution in [0, 0.1) is 62.6 Å². The first-order chi connectivity index (χ1) is 14.9. The maximum absolute atomic E-state index is 12.6. The average Bonchev–Trinajstić information content (AvgIpc) is 3.12. The monoisotopic (exact) mass is 438 g/mol. The van der Waals surface area contributed by atoms with Gasteiger partial charge in [-0.25, -0.2) is 0 Å². The molecule has 0 aromatic rings. The van der Waals surface area contributed by atoms with Crippen molar-refractivity contribution in [1.29, 1.82) is 0 Å². The van der Waals surface area contributed by atoms with Crippen LogP contribution in [-0.4, -0.2) is 6.29 Å². The van der Waals surface area contributed by atoms with Crippen molar-refractivity contribution < 1.29 is 4.79 Å². The van der Waals surface area contributed by atoms with E-state index in [2.05, 4.69) is 55.0 Å². The van der Waals surface area contributed by atoms with E-state index in [0.29, 0.717) is 39.4 Å². The van der Waals surface area contributed by atoms with Crippen LogP contribution in [0.15, 0.2) is 12.2 Å². The molecule has 32 heavy (non-hydrogen) atoms. The van der Waals surface area contributed by atoms with E-state index in [0.717, 1.165) is 30.6 Å². The van der Waals surface area contributed by atoms with Gasteiger partial charge in [-0.1, -0.05) is 53.7 Å². The number of hydrogen-bond donors (Lipinski definition) is 0. The van der Waals surface area contributed by atoms with Crippen LogP contribution in [0.2, 0.25) is 0 Å². The molecule has 0 aliphatic heterocycles. The molecule has 0 bridgehead atoms. The largest absolute Gasteiger partial charge is 0.303 e. The second-order valence-electron chi connectivity index (χ2n) is 14.8. The van der Waals surface area contributed by atoms with Crippen molar-refractivity contribution in [2.45, 2.75) is 113 Å². The summed E-state index contributed by atoms with van der Waals surface area (Å²) in [5.41, 5.74) is 3.01. The van der Waals surface area contributed by atoms with Crippen molar-refractivity contribution in [1.82, 2.24) is 0 Å². The first kappa shape index (κ1) is 23.2. The summed E-state index contributed by atoms with van der Waals surface area (Å²) in [6, 6.07) is 0. The van der Waals surface area contributed by atoms with E-state index >= 15 is 0 Å². The van der Waals surface area contributed by atoms with Gasteiger partial charge in [-0.05, 0) is 128 Å². The third-order valence-corrected chi connectivity index (χ3v) is 13.9. The summed E-state index contributed by atoms with van der Waals surface area (Å²) in [5, 5.41) is 0. The Morgan fingerprint density at radius 3 is 2.19 bits per heavy atom. The minimum absolute atomic E-state index is 0.0552. The topological polar surface area (TPSA) is 17.1 Å². The van der Waals surface area contributed by atoms with Gasteiger partial charge in [0.1, 0.15) is 6.29 Å². The summed E-state index contributed by atoms with van der Waals surface area (Å²) < 4.78 is 0. The lowest BCUT2D eigenvalue weighted by atomic mass is 9.32. The zero-order valence-electron chi connectivity index (χ0n) is 22.2. The van der Waals surface area contributed by atoms with E-state index in [9.17, 15) is 4.79 Å². The molecule has 0 spiro atoms. The molecule has 1 heteroatoms. The van der Waals surface area contributed by atoms with E-state index < -0.39 is 0 Å². The predicted octanol–water partition coefficient (Wildman–Crippen LogP) is 8.48. The number of carbonyl (C=O) groups excluding carboxylic acids is 1. The Morgan fingerprint density at radius 1 is 0.812 bits per heavy atom. The van der Waals surface area contributed by atoms with Crippen LogP contribution in [0.1, 0.15) is 113 Å². The fraction of sp³-hybridized carbons (Fsp3) is 0.903. The first-order valence-corrected chi connectivity index (χ1v) is 14.0. The van der Waals surface area contributed by atoms with Gasteiger partial charge in [0.2, 0.25) is 0 Å². The van der Waals surface area contributed by atoms with Gasteiger partial charge in [-0.3, -0.25) is 0 Å². The molecule has 0 aromatic heterocycles. The van der Waals surface area contributed by atoms with Gasteiger partial charge >= 0.3 is 0 Å². The van der Waals surface area contributed by atoms with Crippen molar-refractivity contribution in [2.24, 2.45) is 62.6 Å². The highest BCUT2D eigenvalue weighted by atomic mass is 16.1. The molecule has 1 nitrogen and oxygen atoms in total. The second kappa shape index (κ2) is 6.97. The standard InChI is InChI=1S/C31H50O/c1-20(2)22-12-16-31(19-32)18-17-29(7)23(26(22)31)9-10-25-28(6)14-11-21(3)27(4,5)24(28)13-15-30(25,29)8/h19,21-26H,1,9-18H2,2-8H3/t21?,22-,23?,24?,25?,26?,28?,29+,30?,31?/m0/s1. The smallest absolute Gasteiger partial charge is 0.126 e. The van der Waals surface area contributed by atoms with Crippen molar-refractivity contribution in [3.63, 3.8) is 0 Å². The summed E-state index contributed by atoms with van der Waals surface area (Å²) in [6.07, 6.45) is 14.5. The molecule has 0 aromatic carbocycles. The molecule has 5 rings (SSSR count). The average molecular weight is 439 g/mol. The molecule has 5 aliphatic rings. The van der Waals surface area contributed by atoms with E-state index in [-0.39, 0.29) is 5.41 Å². The predicted molar refractivity (Wildman–Crippen MR) is 134 cm³/mol. The van der Waals surface area contributed by atoms with Crippen LogP contribution in [0.3, 0.4) is 0 Å². The molecule has 0 amide bonds. The maximum atomic E-state index is 12.6. The van der Waals surface area contributed by atoms with Crippen LogP contribution in [0.4, 0.5) is 0 Å². The minimum atomic E-state index is -0.0552. The van der Waals surface area contributed by atoms with Gasteiger partial charge in [-0.2, -0.15) is 0 Å². The summed E-state index contributed by atoms with van der Waals surface area (Å²) >= 11 is 0. The van der Waals surface area contributed by atoms with Gasteiger partial charge < -0.3 is 4.79 Å². The fourth-order valence-corrected chi connectivity index (χ4v) is 11.6. The molecular formula is C31H50O. The van der Waals surface area contributed by atoms with Gasteiger partial charge in [0.15, 0.2) is 0 Å². The second-order valence-corrected chi connectivity index (χ2v) is 14.8. The molecule has 0 radical (unpaired) electrons. The highest BCUT2D eigenvalue weighted by Crippen LogP contribution is 2.77. The van der Waals surface area contributed by atoms with Crippen LogP contribution in [-0.2, 0) is 4.79 Å². The highest BCUT2D eigenvalue weighted by molar-refractivity contribution is 5.62. The summed E-state index contributed by atoms with van der Waals surface area (Å²) in [7, 11) is 0. The van der Waals surface area contributed by atoms with Crippen LogP contribution < -0.4 is 0 Å². The first-order valence-electron chi connectivity index (χ1n) is 14.0. The normalized spacial score (nSPS) is 56.3. The number of allylic oxidation sites excluding steroid dienone is 1. The Labute approximate surface area is 198 Å². The van der Waals surface area contributed by atoms with E-state index in [1.54, 1.807) is 0 Å². The zero-order valence-corrected chi connectivity index (χ0v) is 22.2. The van der Waals surface area contributed by atoms with Crippen LogP contribution in [0.5, 0.6) is 0 Å². The number of rotatable bonds is 2.